The minimum atomic E-state index is 0.653. The molecular formula is C6H10N4. The smallest absolute Gasteiger partial charge is 0.0553 e. The van der Waals surface area contributed by atoms with Crippen LogP contribution in [0.5, 0.6) is 0 Å². The van der Waals surface area contributed by atoms with Gasteiger partial charge in [0.25, 0.3) is 0 Å². The molecule has 4 N–H and O–H groups in total. The van der Waals surface area contributed by atoms with E-state index in [0.717, 1.165) is 17.9 Å². The maximum absolute atomic E-state index is 3.33. The molecule has 0 amide bonds. The van der Waals surface area contributed by atoms with Crippen LogP contribution in [-0.2, 0) is 0 Å². The van der Waals surface area contributed by atoms with E-state index in [1.54, 1.807) is 0 Å². The molecule has 2 saturated carbocycles. The molecule has 4 nitrogen and oxygen atoms in total. The minimum absolute atomic E-state index is 0.653. The zero-order chi connectivity index (χ0) is 6.29. The van der Waals surface area contributed by atoms with Crippen LogP contribution >= 0.6 is 0 Å². The van der Waals surface area contributed by atoms with E-state index >= 15 is 0 Å². The Morgan fingerprint density at radius 1 is 0.500 bits per heavy atom. The lowest BCUT2D eigenvalue weighted by molar-refractivity contribution is 0.288. The Morgan fingerprint density at radius 2 is 1.00 bits per heavy atom. The fourth-order valence-electron chi connectivity index (χ4n) is 3.12. The Balaban J connectivity index is 1.90. The highest BCUT2D eigenvalue weighted by molar-refractivity contribution is 5.29. The molecule has 0 aromatic carbocycles. The summed E-state index contributed by atoms with van der Waals surface area (Å²) in [6.07, 6.45) is 0. The second-order valence-corrected chi connectivity index (χ2v) is 3.84. The molecule has 54 valence electrons. The summed E-state index contributed by atoms with van der Waals surface area (Å²) in [5.74, 6) is 1.86. The lowest BCUT2D eigenvalue weighted by Gasteiger charge is -2.28. The third-order valence-electron chi connectivity index (χ3n) is 3.57. The van der Waals surface area contributed by atoms with Gasteiger partial charge in [0.15, 0.2) is 0 Å². The SMILES string of the molecule is N1NC2C3C4NNC(C14)C23. The Kier molecular flexibility index (Phi) is 0.531. The maximum atomic E-state index is 3.33. The zero-order valence-corrected chi connectivity index (χ0v) is 5.46. The van der Waals surface area contributed by atoms with Crippen LogP contribution in [0.1, 0.15) is 0 Å². The first-order valence-electron chi connectivity index (χ1n) is 3.99. The van der Waals surface area contributed by atoms with E-state index in [1.807, 2.05) is 0 Å². The van der Waals surface area contributed by atoms with Gasteiger partial charge < -0.3 is 0 Å². The summed E-state index contributed by atoms with van der Waals surface area (Å²) in [6.45, 7) is 0. The number of hydrogen-bond acceptors (Lipinski definition) is 4. The van der Waals surface area contributed by atoms with Gasteiger partial charge in [-0.3, -0.25) is 21.7 Å². The molecule has 10 heavy (non-hydrogen) atoms. The third kappa shape index (κ3) is 0.286. The van der Waals surface area contributed by atoms with Crippen molar-refractivity contribution in [2.75, 3.05) is 0 Å². The Bertz CT molecular complexity index is 188. The van der Waals surface area contributed by atoms with Crippen molar-refractivity contribution in [2.45, 2.75) is 24.2 Å². The van der Waals surface area contributed by atoms with Crippen molar-refractivity contribution in [2.24, 2.45) is 11.8 Å². The Morgan fingerprint density at radius 3 is 1.50 bits per heavy atom. The first-order valence-corrected chi connectivity index (χ1v) is 3.99. The summed E-state index contributed by atoms with van der Waals surface area (Å²) in [4.78, 5) is 0. The van der Waals surface area contributed by atoms with E-state index in [9.17, 15) is 0 Å². The third-order valence-corrected chi connectivity index (χ3v) is 3.57. The van der Waals surface area contributed by atoms with Crippen LogP contribution < -0.4 is 21.7 Å². The summed E-state index contributed by atoms with van der Waals surface area (Å²) in [5, 5.41) is 0. The van der Waals surface area contributed by atoms with Crippen molar-refractivity contribution in [3.63, 3.8) is 0 Å². The van der Waals surface area contributed by atoms with Crippen LogP contribution in [-0.4, -0.2) is 24.2 Å². The van der Waals surface area contributed by atoms with Gasteiger partial charge in [0.1, 0.15) is 0 Å². The van der Waals surface area contributed by atoms with Gasteiger partial charge in [-0.25, -0.2) is 0 Å². The van der Waals surface area contributed by atoms with Gasteiger partial charge in [-0.15, -0.1) is 0 Å². The predicted octanol–water partition coefficient (Wildman–Crippen LogP) is -2.06. The van der Waals surface area contributed by atoms with Crippen molar-refractivity contribution in [1.82, 2.24) is 21.7 Å². The zero-order valence-electron chi connectivity index (χ0n) is 5.46. The summed E-state index contributed by atoms with van der Waals surface area (Å²) < 4.78 is 0. The Labute approximate surface area is 58.7 Å². The van der Waals surface area contributed by atoms with Crippen LogP contribution in [0.2, 0.25) is 0 Å². The van der Waals surface area contributed by atoms with E-state index in [4.69, 9.17) is 0 Å². The largest absolute Gasteiger partial charge is 0.254 e. The average Bonchev–Trinajstić information content (AvgIpc) is 2.53. The van der Waals surface area contributed by atoms with Gasteiger partial charge >= 0.3 is 0 Å². The van der Waals surface area contributed by atoms with Crippen molar-refractivity contribution in [3.05, 3.63) is 0 Å². The number of hydrazine groups is 2. The van der Waals surface area contributed by atoms with Gasteiger partial charge in [0.05, 0.1) is 6.04 Å². The van der Waals surface area contributed by atoms with Crippen LogP contribution in [0.4, 0.5) is 0 Å². The number of rotatable bonds is 0. The molecule has 3 heterocycles. The van der Waals surface area contributed by atoms with Crippen LogP contribution in [0, 0.1) is 11.8 Å². The first-order chi connectivity index (χ1) is 4.97. The lowest BCUT2D eigenvalue weighted by Crippen LogP contribution is -2.59. The number of nitrogens with one attached hydrogen (secondary N) is 4. The molecular weight excluding hydrogens is 128 g/mol. The molecule has 0 aromatic rings. The average molecular weight is 138 g/mol. The maximum Gasteiger partial charge on any atom is 0.0553 e. The fraction of sp³-hybridized carbons (Fsp3) is 1.00. The molecule has 0 spiro atoms. The summed E-state index contributed by atoms with van der Waals surface area (Å²) in [7, 11) is 0. The molecule has 4 unspecified atom stereocenters. The van der Waals surface area contributed by atoms with Crippen molar-refractivity contribution < 1.29 is 0 Å². The molecule has 6 bridgehead atoms. The molecule has 5 fully saturated rings. The van der Waals surface area contributed by atoms with Gasteiger partial charge in [-0.05, 0) is 0 Å². The molecule has 0 radical (unpaired) electrons. The molecule has 5 rings (SSSR count). The summed E-state index contributed by atoms with van der Waals surface area (Å²) >= 11 is 0. The van der Waals surface area contributed by atoms with E-state index in [2.05, 4.69) is 21.7 Å². The van der Waals surface area contributed by atoms with E-state index in [1.165, 1.54) is 0 Å². The molecule has 3 saturated heterocycles. The summed E-state index contributed by atoms with van der Waals surface area (Å²) in [6, 6.07) is 2.84. The molecule has 3 aliphatic heterocycles. The second-order valence-electron chi connectivity index (χ2n) is 3.84. The minimum Gasteiger partial charge on any atom is -0.254 e. The quantitative estimate of drug-likeness (QED) is 0.311. The summed E-state index contributed by atoms with van der Waals surface area (Å²) in [5.41, 5.74) is 13.3. The highest BCUT2D eigenvalue weighted by atomic mass is 15.6. The Hall–Kier alpha value is -0.160. The van der Waals surface area contributed by atoms with Gasteiger partial charge in [-0.2, -0.15) is 0 Å². The van der Waals surface area contributed by atoms with E-state index in [-0.39, 0.29) is 0 Å². The van der Waals surface area contributed by atoms with Gasteiger partial charge in [0.2, 0.25) is 0 Å². The van der Waals surface area contributed by atoms with Crippen molar-refractivity contribution in [1.29, 1.82) is 0 Å². The van der Waals surface area contributed by atoms with Crippen LogP contribution in [0.3, 0.4) is 0 Å². The fourth-order valence-corrected chi connectivity index (χ4v) is 3.12. The van der Waals surface area contributed by atoms with E-state index < -0.39 is 0 Å². The van der Waals surface area contributed by atoms with Gasteiger partial charge in [0, 0.05) is 30.0 Å². The van der Waals surface area contributed by atoms with Crippen LogP contribution in [0.25, 0.3) is 0 Å². The second kappa shape index (κ2) is 1.14. The van der Waals surface area contributed by atoms with E-state index in [0.29, 0.717) is 18.1 Å². The molecule has 2 aliphatic carbocycles. The van der Waals surface area contributed by atoms with Crippen molar-refractivity contribution >= 4 is 0 Å². The van der Waals surface area contributed by atoms with Crippen molar-refractivity contribution in [3.8, 4) is 0 Å². The molecule has 4 heteroatoms. The highest BCUT2D eigenvalue weighted by Gasteiger charge is 2.73. The molecule has 5 aliphatic rings. The van der Waals surface area contributed by atoms with Crippen LogP contribution in [0.15, 0.2) is 0 Å². The normalized spacial score (nSPS) is 74.4. The standard InChI is InChI=1S/C6H10N4/c7-3-1-2(3)5-6(10-7)4(1)8-9-5/h1-10H. The first kappa shape index (κ1) is 4.66. The predicted molar refractivity (Wildman–Crippen MR) is 34.7 cm³/mol. The highest BCUT2D eigenvalue weighted by Crippen LogP contribution is 2.56. The monoisotopic (exact) mass is 138 g/mol. The molecule has 0 aromatic heterocycles. The number of fused-ring (bicyclic) bond motifs is 1. The topological polar surface area (TPSA) is 48.1 Å². The van der Waals surface area contributed by atoms with Gasteiger partial charge in [-0.1, -0.05) is 0 Å². The molecule has 4 atom stereocenters. The lowest BCUT2D eigenvalue weighted by atomic mass is 10.0. The number of hydrogen-bond donors (Lipinski definition) is 4.